The average molecular weight is 285 g/mol. The van der Waals surface area contributed by atoms with Gasteiger partial charge in [0.15, 0.2) is 0 Å². The Morgan fingerprint density at radius 3 is 2.76 bits per heavy atom. The minimum atomic E-state index is -1.03. The molecule has 0 fully saturated rings. The summed E-state index contributed by atoms with van der Waals surface area (Å²) >= 11 is 0. The van der Waals surface area contributed by atoms with Gasteiger partial charge in [0.2, 0.25) is 0 Å². The number of nitrogens with zero attached hydrogens (tertiary/aromatic N) is 2. The highest BCUT2D eigenvalue weighted by Crippen LogP contribution is 2.28. The maximum atomic E-state index is 13.3. The number of aryl methyl sites for hydroxylation is 1. The zero-order valence-electron chi connectivity index (χ0n) is 11.2. The molecule has 106 valence electrons. The molecule has 0 saturated heterocycles. The summed E-state index contributed by atoms with van der Waals surface area (Å²) in [5.74, 6) is -0.944. The van der Waals surface area contributed by atoms with E-state index >= 15 is 0 Å². The van der Waals surface area contributed by atoms with Gasteiger partial charge in [0.05, 0.1) is 5.56 Å². The van der Waals surface area contributed by atoms with E-state index in [9.17, 15) is 9.18 Å². The summed E-state index contributed by atoms with van der Waals surface area (Å²) in [4.78, 5) is 15.3. The fraction of sp³-hybridized carbons (Fsp3) is 0.0667. The second-order valence-corrected chi connectivity index (χ2v) is 4.76. The number of carboxylic acids is 1. The van der Waals surface area contributed by atoms with E-state index in [1.165, 1.54) is 18.2 Å². The SMILES string of the molecule is Cc1cc(-c2nc3cc(C(=O)O)ccn3c2N)ccc1F. The molecular formula is C15H12FN3O2. The van der Waals surface area contributed by atoms with Crippen LogP contribution >= 0.6 is 0 Å². The first-order valence-corrected chi connectivity index (χ1v) is 6.25. The zero-order chi connectivity index (χ0) is 15.1. The summed E-state index contributed by atoms with van der Waals surface area (Å²) in [5, 5.41) is 8.99. The van der Waals surface area contributed by atoms with E-state index in [0.717, 1.165) is 0 Å². The van der Waals surface area contributed by atoms with Crippen LogP contribution in [-0.4, -0.2) is 20.5 Å². The lowest BCUT2D eigenvalue weighted by Gasteiger charge is -2.02. The molecule has 0 saturated carbocycles. The van der Waals surface area contributed by atoms with Crippen LogP contribution in [-0.2, 0) is 0 Å². The molecule has 3 N–H and O–H groups in total. The highest BCUT2D eigenvalue weighted by molar-refractivity contribution is 5.89. The van der Waals surface area contributed by atoms with Gasteiger partial charge < -0.3 is 10.8 Å². The average Bonchev–Trinajstić information content (AvgIpc) is 2.78. The largest absolute Gasteiger partial charge is 0.478 e. The molecule has 6 heteroatoms. The topological polar surface area (TPSA) is 80.6 Å². The normalized spacial score (nSPS) is 11.0. The first-order valence-electron chi connectivity index (χ1n) is 6.25. The summed E-state index contributed by atoms with van der Waals surface area (Å²) in [5.41, 5.74) is 8.30. The number of benzene rings is 1. The first kappa shape index (κ1) is 13.1. The number of carbonyl (C=O) groups is 1. The summed E-state index contributed by atoms with van der Waals surface area (Å²) < 4.78 is 14.9. The van der Waals surface area contributed by atoms with Gasteiger partial charge in [-0.1, -0.05) is 0 Å². The number of anilines is 1. The van der Waals surface area contributed by atoms with Crippen molar-refractivity contribution in [2.24, 2.45) is 0 Å². The van der Waals surface area contributed by atoms with E-state index in [1.54, 1.807) is 29.7 Å². The van der Waals surface area contributed by atoms with Crippen molar-refractivity contribution in [1.82, 2.24) is 9.38 Å². The second-order valence-electron chi connectivity index (χ2n) is 4.76. The van der Waals surface area contributed by atoms with Gasteiger partial charge in [0, 0.05) is 11.8 Å². The monoisotopic (exact) mass is 285 g/mol. The van der Waals surface area contributed by atoms with Crippen molar-refractivity contribution in [3.63, 3.8) is 0 Å². The lowest BCUT2D eigenvalue weighted by Crippen LogP contribution is -1.99. The zero-order valence-corrected chi connectivity index (χ0v) is 11.2. The van der Waals surface area contributed by atoms with Gasteiger partial charge >= 0.3 is 5.97 Å². The van der Waals surface area contributed by atoms with E-state index in [4.69, 9.17) is 10.8 Å². The lowest BCUT2D eigenvalue weighted by atomic mass is 10.1. The van der Waals surface area contributed by atoms with Crippen LogP contribution in [0.25, 0.3) is 16.9 Å². The van der Waals surface area contributed by atoms with E-state index in [1.807, 2.05) is 0 Å². The smallest absolute Gasteiger partial charge is 0.335 e. The van der Waals surface area contributed by atoms with Crippen molar-refractivity contribution in [1.29, 1.82) is 0 Å². The van der Waals surface area contributed by atoms with Gasteiger partial charge in [-0.2, -0.15) is 0 Å². The number of imidazole rings is 1. The Labute approximate surface area is 119 Å². The molecule has 0 aliphatic rings. The third-order valence-corrected chi connectivity index (χ3v) is 3.34. The maximum Gasteiger partial charge on any atom is 0.335 e. The Kier molecular flexibility index (Phi) is 2.86. The molecule has 0 spiro atoms. The first-order chi connectivity index (χ1) is 9.97. The molecule has 5 nitrogen and oxygen atoms in total. The van der Waals surface area contributed by atoms with E-state index in [0.29, 0.717) is 28.3 Å². The molecule has 3 aromatic rings. The number of halogens is 1. The summed E-state index contributed by atoms with van der Waals surface area (Å²) in [7, 11) is 0. The predicted octanol–water partition coefficient (Wildman–Crippen LogP) is 2.73. The number of nitrogen functional groups attached to an aromatic ring is 1. The van der Waals surface area contributed by atoms with Gasteiger partial charge in [-0.25, -0.2) is 14.2 Å². The van der Waals surface area contributed by atoms with Crippen molar-refractivity contribution in [3.05, 3.63) is 53.5 Å². The van der Waals surface area contributed by atoms with Gasteiger partial charge in [-0.15, -0.1) is 0 Å². The van der Waals surface area contributed by atoms with Crippen LogP contribution in [0.2, 0.25) is 0 Å². The number of aromatic carboxylic acids is 1. The number of fused-ring (bicyclic) bond motifs is 1. The molecule has 21 heavy (non-hydrogen) atoms. The quantitative estimate of drug-likeness (QED) is 0.758. The molecule has 0 unspecified atom stereocenters. The Hall–Kier alpha value is -2.89. The van der Waals surface area contributed by atoms with Crippen molar-refractivity contribution in [2.75, 3.05) is 5.73 Å². The van der Waals surface area contributed by atoms with Gasteiger partial charge in [-0.05, 0) is 42.8 Å². The van der Waals surface area contributed by atoms with Gasteiger partial charge in [0.25, 0.3) is 0 Å². The predicted molar refractivity (Wildman–Crippen MR) is 76.7 cm³/mol. The number of carboxylic acid groups (broad SMARTS) is 1. The molecule has 0 amide bonds. The number of hydrogen-bond acceptors (Lipinski definition) is 3. The van der Waals surface area contributed by atoms with Crippen molar-refractivity contribution < 1.29 is 14.3 Å². The third kappa shape index (κ3) is 2.10. The minimum absolute atomic E-state index is 0.134. The van der Waals surface area contributed by atoms with Crippen LogP contribution in [0.4, 0.5) is 10.2 Å². The fourth-order valence-corrected chi connectivity index (χ4v) is 2.20. The lowest BCUT2D eigenvalue weighted by molar-refractivity contribution is 0.0697. The van der Waals surface area contributed by atoms with Crippen molar-refractivity contribution in [2.45, 2.75) is 6.92 Å². The summed E-state index contributed by atoms with van der Waals surface area (Å²) in [6, 6.07) is 7.51. The van der Waals surface area contributed by atoms with E-state index in [-0.39, 0.29) is 11.4 Å². The van der Waals surface area contributed by atoms with Crippen molar-refractivity contribution >= 4 is 17.4 Å². The molecule has 2 heterocycles. The Balaban J connectivity index is 2.21. The highest BCUT2D eigenvalue weighted by atomic mass is 19.1. The number of hydrogen-bond donors (Lipinski definition) is 2. The number of pyridine rings is 1. The van der Waals surface area contributed by atoms with Crippen LogP contribution in [0.15, 0.2) is 36.5 Å². The maximum absolute atomic E-state index is 13.3. The third-order valence-electron chi connectivity index (χ3n) is 3.34. The van der Waals surface area contributed by atoms with E-state index in [2.05, 4.69) is 4.98 Å². The summed E-state index contributed by atoms with van der Waals surface area (Å²) in [6.45, 7) is 1.66. The van der Waals surface area contributed by atoms with Crippen LogP contribution in [0, 0.1) is 12.7 Å². The van der Waals surface area contributed by atoms with Crippen molar-refractivity contribution in [3.8, 4) is 11.3 Å². The van der Waals surface area contributed by atoms with Crippen LogP contribution in [0.5, 0.6) is 0 Å². The number of aromatic nitrogens is 2. The number of nitrogens with two attached hydrogens (primary N) is 1. The molecule has 1 aromatic carbocycles. The standard InChI is InChI=1S/C15H12FN3O2/c1-8-6-9(2-3-11(8)16)13-14(17)19-5-4-10(15(20)21)7-12(19)18-13/h2-7H,17H2,1H3,(H,20,21). The molecule has 0 aliphatic carbocycles. The van der Waals surface area contributed by atoms with Crippen LogP contribution in [0.1, 0.15) is 15.9 Å². The molecule has 0 bridgehead atoms. The fourth-order valence-electron chi connectivity index (χ4n) is 2.20. The number of rotatable bonds is 2. The van der Waals surface area contributed by atoms with Crippen LogP contribution in [0.3, 0.4) is 0 Å². The molecule has 0 aliphatic heterocycles. The molecule has 0 atom stereocenters. The Morgan fingerprint density at radius 2 is 2.10 bits per heavy atom. The van der Waals surface area contributed by atoms with Crippen LogP contribution < -0.4 is 5.73 Å². The Morgan fingerprint density at radius 1 is 1.33 bits per heavy atom. The molecular weight excluding hydrogens is 273 g/mol. The van der Waals surface area contributed by atoms with Gasteiger partial charge in [0.1, 0.15) is 23.0 Å². The molecule has 3 rings (SSSR count). The molecule has 0 radical (unpaired) electrons. The van der Waals surface area contributed by atoms with Gasteiger partial charge in [-0.3, -0.25) is 4.40 Å². The minimum Gasteiger partial charge on any atom is -0.478 e. The molecule has 2 aromatic heterocycles. The second kappa shape index (κ2) is 4.59. The highest BCUT2D eigenvalue weighted by Gasteiger charge is 2.14. The Bertz CT molecular complexity index is 871. The van der Waals surface area contributed by atoms with E-state index < -0.39 is 5.97 Å². The summed E-state index contributed by atoms with van der Waals surface area (Å²) in [6.07, 6.45) is 1.56.